The van der Waals surface area contributed by atoms with E-state index >= 15 is 0 Å². The largest absolute Gasteiger partial charge is 0.493 e. The zero-order valence-electron chi connectivity index (χ0n) is 15.9. The summed E-state index contributed by atoms with van der Waals surface area (Å²) in [5.74, 6) is 1.26. The van der Waals surface area contributed by atoms with Gasteiger partial charge in [0.25, 0.3) is 0 Å². The number of rotatable bonds is 2. The molecule has 0 aliphatic carbocycles. The minimum Gasteiger partial charge on any atom is -0.493 e. The van der Waals surface area contributed by atoms with Crippen molar-refractivity contribution in [2.75, 3.05) is 7.11 Å². The number of nitrogens with zero attached hydrogens (tertiary/aromatic N) is 1. The first-order valence-corrected chi connectivity index (χ1v) is 8.98. The first kappa shape index (κ1) is 17.1. The quantitative estimate of drug-likeness (QED) is 0.782. The molecule has 3 nitrogen and oxygen atoms in total. The lowest BCUT2D eigenvalue weighted by Crippen LogP contribution is -2.31. The number of benzene rings is 2. The molecule has 0 fully saturated rings. The van der Waals surface area contributed by atoms with Gasteiger partial charge in [0, 0.05) is 23.1 Å². The molecular formula is C22H24FNO2. The van der Waals surface area contributed by atoms with Crippen LogP contribution in [0, 0.1) is 5.82 Å². The van der Waals surface area contributed by atoms with Crippen LogP contribution in [0.4, 0.5) is 4.39 Å². The van der Waals surface area contributed by atoms with Gasteiger partial charge in [0.2, 0.25) is 0 Å². The zero-order chi connectivity index (χ0) is 18.7. The van der Waals surface area contributed by atoms with Crippen molar-refractivity contribution in [3.05, 3.63) is 58.4 Å². The monoisotopic (exact) mass is 353 g/mol. The summed E-state index contributed by atoms with van der Waals surface area (Å²) in [5.41, 5.74) is 3.85. The number of aliphatic imine (C=N–C) groups is 1. The highest BCUT2D eigenvalue weighted by Gasteiger charge is 2.40. The van der Waals surface area contributed by atoms with Crippen molar-refractivity contribution < 1.29 is 13.9 Å². The Kier molecular flexibility index (Phi) is 3.66. The predicted octanol–water partition coefficient (Wildman–Crippen LogP) is 4.72. The molecule has 0 spiro atoms. The molecule has 2 heterocycles. The van der Waals surface area contributed by atoms with Crippen molar-refractivity contribution in [3.8, 4) is 11.5 Å². The van der Waals surface area contributed by atoms with Gasteiger partial charge in [0.15, 0.2) is 11.5 Å². The highest BCUT2D eigenvalue weighted by Crippen LogP contribution is 2.47. The van der Waals surface area contributed by atoms with E-state index in [9.17, 15) is 4.39 Å². The predicted molar refractivity (Wildman–Crippen MR) is 101 cm³/mol. The SMILES string of the molecule is COc1cc2c(c3c1OC(C)(C)C3)C(c1ccccc1F)=NC(C)(C)C2. The smallest absolute Gasteiger partial charge is 0.166 e. The van der Waals surface area contributed by atoms with Gasteiger partial charge >= 0.3 is 0 Å². The van der Waals surface area contributed by atoms with Gasteiger partial charge in [-0.05, 0) is 57.9 Å². The first-order chi connectivity index (χ1) is 12.2. The van der Waals surface area contributed by atoms with Gasteiger partial charge in [-0.2, -0.15) is 0 Å². The fourth-order valence-electron chi connectivity index (χ4n) is 4.07. The van der Waals surface area contributed by atoms with Crippen LogP contribution in [0.25, 0.3) is 0 Å². The maximum atomic E-state index is 14.6. The Balaban J connectivity index is 2.02. The van der Waals surface area contributed by atoms with Crippen LogP contribution in [0.3, 0.4) is 0 Å². The topological polar surface area (TPSA) is 30.8 Å². The van der Waals surface area contributed by atoms with Gasteiger partial charge in [-0.1, -0.05) is 12.1 Å². The summed E-state index contributed by atoms with van der Waals surface area (Å²) in [6.45, 7) is 8.28. The average molecular weight is 353 g/mol. The van der Waals surface area contributed by atoms with Crippen molar-refractivity contribution in [2.24, 2.45) is 4.99 Å². The first-order valence-electron chi connectivity index (χ1n) is 8.98. The number of hydrogen-bond donors (Lipinski definition) is 0. The van der Waals surface area contributed by atoms with Gasteiger partial charge in [-0.3, -0.25) is 4.99 Å². The number of fused-ring (bicyclic) bond motifs is 3. The Labute approximate surface area is 153 Å². The molecule has 2 aromatic rings. The molecule has 0 bridgehead atoms. The molecular weight excluding hydrogens is 329 g/mol. The lowest BCUT2D eigenvalue weighted by molar-refractivity contribution is 0.134. The lowest BCUT2D eigenvalue weighted by atomic mass is 9.81. The standard InChI is InChI=1S/C22H24FNO2/c1-21(2)11-13-10-17(25-5)20-15(12-22(3,4)26-20)18(13)19(24-21)14-8-6-7-9-16(14)23/h6-10H,11-12H2,1-5H3. The average Bonchev–Trinajstić information content (AvgIpc) is 2.87. The third-order valence-corrected chi connectivity index (χ3v) is 5.03. The number of ether oxygens (including phenoxy) is 2. The Bertz CT molecular complexity index is 928. The van der Waals surface area contributed by atoms with Crippen molar-refractivity contribution in [2.45, 2.75) is 51.7 Å². The molecule has 136 valence electrons. The van der Waals surface area contributed by atoms with Gasteiger partial charge < -0.3 is 9.47 Å². The van der Waals surface area contributed by atoms with E-state index in [1.54, 1.807) is 19.2 Å². The second-order valence-corrected chi connectivity index (χ2v) is 8.39. The second kappa shape index (κ2) is 5.57. The van der Waals surface area contributed by atoms with Crippen molar-refractivity contribution in [1.82, 2.24) is 0 Å². The third kappa shape index (κ3) is 2.68. The number of halogens is 1. The van der Waals surface area contributed by atoms with Crippen LogP contribution in [0.15, 0.2) is 35.3 Å². The minimum absolute atomic E-state index is 0.252. The third-order valence-electron chi connectivity index (χ3n) is 5.03. The van der Waals surface area contributed by atoms with Crippen LogP contribution < -0.4 is 9.47 Å². The highest BCUT2D eigenvalue weighted by molar-refractivity contribution is 6.16. The Hall–Kier alpha value is -2.36. The molecule has 0 saturated carbocycles. The molecule has 2 aromatic carbocycles. The molecule has 0 unspecified atom stereocenters. The highest BCUT2D eigenvalue weighted by atomic mass is 19.1. The van der Waals surface area contributed by atoms with Crippen LogP contribution in [-0.4, -0.2) is 24.0 Å². The van der Waals surface area contributed by atoms with E-state index in [1.165, 1.54) is 6.07 Å². The van der Waals surface area contributed by atoms with Crippen LogP contribution >= 0.6 is 0 Å². The van der Waals surface area contributed by atoms with E-state index in [1.807, 2.05) is 12.1 Å². The van der Waals surface area contributed by atoms with Crippen LogP contribution in [0.5, 0.6) is 11.5 Å². The molecule has 2 aliphatic heterocycles. The van der Waals surface area contributed by atoms with Crippen molar-refractivity contribution in [1.29, 1.82) is 0 Å². The van der Waals surface area contributed by atoms with Gasteiger partial charge in [-0.25, -0.2) is 4.39 Å². The van der Waals surface area contributed by atoms with Crippen LogP contribution in [-0.2, 0) is 12.8 Å². The Morgan fingerprint density at radius 2 is 1.85 bits per heavy atom. The lowest BCUT2D eigenvalue weighted by Gasteiger charge is -2.31. The summed E-state index contributed by atoms with van der Waals surface area (Å²) in [5, 5.41) is 0. The number of methoxy groups -OCH3 is 1. The molecule has 0 atom stereocenters. The second-order valence-electron chi connectivity index (χ2n) is 8.39. The van der Waals surface area contributed by atoms with E-state index in [0.29, 0.717) is 5.56 Å². The zero-order valence-corrected chi connectivity index (χ0v) is 15.9. The summed E-state index contributed by atoms with van der Waals surface area (Å²) in [4.78, 5) is 4.95. The van der Waals surface area contributed by atoms with E-state index in [-0.39, 0.29) is 17.0 Å². The summed E-state index contributed by atoms with van der Waals surface area (Å²) in [7, 11) is 1.66. The fourth-order valence-corrected chi connectivity index (χ4v) is 4.07. The Morgan fingerprint density at radius 3 is 2.54 bits per heavy atom. The summed E-state index contributed by atoms with van der Waals surface area (Å²) in [6, 6.07) is 8.89. The summed E-state index contributed by atoms with van der Waals surface area (Å²) >= 11 is 0. The van der Waals surface area contributed by atoms with E-state index in [2.05, 4.69) is 27.7 Å². The summed E-state index contributed by atoms with van der Waals surface area (Å²) < 4.78 is 26.4. The van der Waals surface area contributed by atoms with Crippen molar-refractivity contribution >= 4 is 5.71 Å². The van der Waals surface area contributed by atoms with Crippen LogP contribution in [0.2, 0.25) is 0 Å². The molecule has 0 radical (unpaired) electrons. The molecule has 0 N–H and O–H groups in total. The molecule has 4 rings (SSSR count). The molecule has 26 heavy (non-hydrogen) atoms. The van der Waals surface area contributed by atoms with E-state index in [0.717, 1.165) is 46.7 Å². The summed E-state index contributed by atoms with van der Waals surface area (Å²) in [6.07, 6.45) is 1.53. The molecule has 0 saturated heterocycles. The molecule has 0 aromatic heterocycles. The van der Waals surface area contributed by atoms with E-state index in [4.69, 9.17) is 14.5 Å². The molecule has 4 heteroatoms. The van der Waals surface area contributed by atoms with Gasteiger partial charge in [0.1, 0.15) is 11.4 Å². The number of hydrogen-bond acceptors (Lipinski definition) is 3. The maximum Gasteiger partial charge on any atom is 0.166 e. The van der Waals surface area contributed by atoms with Gasteiger partial charge in [0.05, 0.1) is 18.4 Å². The Morgan fingerprint density at radius 1 is 1.12 bits per heavy atom. The van der Waals surface area contributed by atoms with Crippen LogP contribution in [0.1, 0.15) is 49.9 Å². The van der Waals surface area contributed by atoms with Gasteiger partial charge in [-0.15, -0.1) is 0 Å². The van der Waals surface area contributed by atoms with E-state index < -0.39 is 0 Å². The minimum atomic E-state index is -0.321. The normalized spacial score (nSPS) is 19.2. The molecule has 2 aliphatic rings. The van der Waals surface area contributed by atoms with Crippen molar-refractivity contribution in [3.63, 3.8) is 0 Å². The molecule has 0 amide bonds. The maximum absolute atomic E-state index is 14.6. The fraction of sp³-hybridized carbons (Fsp3) is 0.409.